The van der Waals surface area contributed by atoms with E-state index in [2.05, 4.69) is 4.98 Å². The summed E-state index contributed by atoms with van der Waals surface area (Å²) in [6.07, 6.45) is 2.82. The third kappa shape index (κ3) is 4.11. The summed E-state index contributed by atoms with van der Waals surface area (Å²) in [5.74, 6) is 0.922. The third-order valence-electron chi connectivity index (χ3n) is 4.08. The molecule has 0 atom stereocenters. The van der Waals surface area contributed by atoms with Gasteiger partial charge in [-0.05, 0) is 36.4 Å². The highest BCUT2D eigenvalue weighted by molar-refractivity contribution is 6.33. The fraction of sp³-hybridized carbons (Fsp3) is 0.100. The first-order valence-corrected chi connectivity index (χ1v) is 8.69. The van der Waals surface area contributed by atoms with Gasteiger partial charge in [0.25, 0.3) is 11.2 Å². The molecule has 0 amide bonds. The van der Waals surface area contributed by atoms with Crippen molar-refractivity contribution in [3.05, 3.63) is 84.5 Å². The van der Waals surface area contributed by atoms with Crippen LogP contribution < -0.4 is 5.56 Å². The van der Waals surface area contributed by atoms with E-state index in [1.807, 2.05) is 6.07 Å². The number of hydrogen-bond acceptors (Lipinski definition) is 6. The summed E-state index contributed by atoms with van der Waals surface area (Å²) in [5, 5.41) is 21.3. The van der Waals surface area contributed by atoms with Crippen LogP contribution in [0.4, 0.5) is 5.69 Å². The Balaban J connectivity index is 2.04. The van der Waals surface area contributed by atoms with Crippen LogP contribution in [0.3, 0.4) is 0 Å². The highest BCUT2D eigenvalue weighted by Crippen LogP contribution is 2.30. The minimum Gasteiger partial charge on any atom is -0.457 e. The van der Waals surface area contributed by atoms with Crippen LogP contribution in [-0.4, -0.2) is 17.0 Å². The lowest BCUT2D eigenvalue weighted by molar-refractivity contribution is -0.386. The van der Waals surface area contributed by atoms with Gasteiger partial charge in [-0.2, -0.15) is 5.26 Å². The highest BCUT2D eigenvalue weighted by atomic mass is 35.5. The molecule has 0 bridgehead atoms. The Bertz CT molecular complexity index is 1200. The van der Waals surface area contributed by atoms with Crippen molar-refractivity contribution in [2.45, 2.75) is 6.61 Å². The van der Waals surface area contributed by atoms with Gasteiger partial charge in [0.1, 0.15) is 28.8 Å². The van der Waals surface area contributed by atoms with E-state index in [4.69, 9.17) is 20.8 Å². The molecule has 0 radical (unpaired) electrons. The standard InChI is InChI=1S/C20H14ClN3O5/c1-28-11-15-14(10-22)20(25)23-17(19(15)24(26)27)8-6-12-7-9-18(29-12)13-4-2-3-5-16(13)21/h2-9H,11H2,1H3,(H,23,25). The van der Waals surface area contributed by atoms with Crippen molar-refractivity contribution in [2.75, 3.05) is 7.11 Å². The van der Waals surface area contributed by atoms with Crippen LogP contribution in [-0.2, 0) is 11.3 Å². The topological polar surface area (TPSA) is 122 Å². The Kier molecular flexibility index (Phi) is 5.93. The number of nitro groups is 1. The lowest BCUT2D eigenvalue weighted by Gasteiger charge is -2.06. The van der Waals surface area contributed by atoms with Gasteiger partial charge in [0.2, 0.25) is 0 Å². The molecular weight excluding hydrogens is 398 g/mol. The molecule has 146 valence electrons. The number of hydrogen-bond donors (Lipinski definition) is 1. The van der Waals surface area contributed by atoms with Crippen LogP contribution in [0.2, 0.25) is 5.02 Å². The summed E-state index contributed by atoms with van der Waals surface area (Å²) in [6, 6.07) is 12.2. The Morgan fingerprint density at radius 1 is 1.31 bits per heavy atom. The molecule has 3 rings (SSSR count). The maximum absolute atomic E-state index is 12.2. The summed E-state index contributed by atoms with van der Waals surface area (Å²) in [4.78, 5) is 25.4. The van der Waals surface area contributed by atoms with Crippen molar-refractivity contribution in [3.8, 4) is 17.4 Å². The number of H-pyrrole nitrogens is 1. The number of aromatic nitrogens is 1. The number of nitriles is 1. The summed E-state index contributed by atoms with van der Waals surface area (Å²) in [7, 11) is 1.32. The largest absolute Gasteiger partial charge is 0.457 e. The first-order valence-electron chi connectivity index (χ1n) is 8.31. The van der Waals surface area contributed by atoms with E-state index in [0.29, 0.717) is 22.1 Å². The van der Waals surface area contributed by atoms with Crippen molar-refractivity contribution in [1.82, 2.24) is 4.98 Å². The molecule has 2 aromatic heterocycles. The number of benzene rings is 1. The first kappa shape index (κ1) is 20.1. The van der Waals surface area contributed by atoms with E-state index < -0.39 is 16.2 Å². The van der Waals surface area contributed by atoms with Crippen LogP contribution in [0.1, 0.15) is 22.6 Å². The number of ether oxygens (including phenoxy) is 1. The van der Waals surface area contributed by atoms with Crippen molar-refractivity contribution in [2.24, 2.45) is 0 Å². The molecule has 8 nitrogen and oxygen atoms in total. The average Bonchev–Trinajstić information content (AvgIpc) is 3.15. The Hall–Kier alpha value is -3.67. The minimum absolute atomic E-state index is 0.0678. The number of nitrogens with zero attached hydrogens (tertiary/aromatic N) is 2. The number of aromatic amines is 1. The van der Waals surface area contributed by atoms with Crippen molar-refractivity contribution < 1.29 is 14.1 Å². The van der Waals surface area contributed by atoms with Crippen LogP contribution in [0.5, 0.6) is 0 Å². The number of pyridine rings is 1. The fourth-order valence-corrected chi connectivity index (χ4v) is 3.04. The number of methoxy groups -OCH3 is 1. The van der Waals surface area contributed by atoms with E-state index in [-0.39, 0.29) is 23.4 Å². The molecule has 3 aromatic rings. The van der Waals surface area contributed by atoms with Gasteiger partial charge in [-0.15, -0.1) is 0 Å². The molecule has 0 aliphatic rings. The lowest BCUT2D eigenvalue weighted by atomic mass is 10.1. The van der Waals surface area contributed by atoms with E-state index in [0.717, 1.165) is 0 Å². The van der Waals surface area contributed by atoms with Crippen molar-refractivity contribution >= 4 is 29.4 Å². The molecule has 2 heterocycles. The Morgan fingerprint density at radius 3 is 2.72 bits per heavy atom. The predicted octanol–water partition coefficient (Wildman–Crippen LogP) is 4.38. The molecule has 1 aromatic carbocycles. The van der Waals surface area contributed by atoms with Gasteiger partial charge in [-0.25, -0.2) is 0 Å². The SMILES string of the molecule is COCc1c([N+](=O)[O-])c(C=Cc2ccc(-c3ccccc3Cl)o2)[nH]c(=O)c1C#N. The predicted molar refractivity (Wildman–Crippen MR) is 107 cm³/mol. The van der Waals surface area contributed by atoms with Crippen LogP contribution >= 0.6 is 11.6 Å². The Morgan fingerprint density at radius 2 is 2.07 bits per heavy atom. The maximum Gasteiger partial charge on any atom is 0.299 e. The number of halogens is 1. The smallest absolute Gasteiger partial charge is 0.299 e. The molecule has 0 fully saturated rings. The lowest BCUT2D eigenvalue weighted by Crippen LogP contribution is -2.18. The minimum atomic E-state index is -0.735. The highest BCUT2D eigenvalue weighted by Gasteiger charge is 2.25. The second-order valence-corrected chi connectivity index (χ2v) is 6.29. The van der Waals surface area contributed by atoms with Crippen molar-refractivity contribution in [1.29, 1.82) is 5.26 Å². The molecule has 0 saturated heterocycles. The molecule has 0 aliphatic heterocycles. The van der Waals surface area contributed by atoms with Gasteiger partial charge >= 0.3 is 0 Å². The van der Waals surface area contributed by atoms with Crippen LogP contribution in [0, 0.1) is 21.4 Å². The molecule has 0 saturated carbocycles. The summed E-state index contributed by atoms with van der Waals surface area (Å²) in [6.45, 7) is -0.249. The van der Waals surface area contributed by atoms with Gasteiger partial charge in [0, 0.05) is 12.7 Å². The van der Waals surface area contributed by atoms with Gasteiger partial charge < -0.3 is 14.1 Å². The molecule has 1 N–H and O–H groups in total. The molecule has 0 spiro atoms. The van der Waals surface area contributed by atoms with Gasteiger partial charge in [-0.1, -0.05) is 23.7 Å². The quantitative estimate of drug-likeness (QED) is 0.474. The normalized spacial score (nSPS) is 10.9. The number of furan rings is 1. The van der Waals surface area contributed by atoms with Gasteiger partial charge in [0.05, 0.1) is 22.1 Å². The van der Waals surface area contributed by atoms with E-state index in [1.165, 1.54) is 19.3 Å². The fourth-order valence-electron chi connectivity index (χ4n) is 2.81. The van der Waals surface area contributed by atoms with Crippen molar-refractivity contribution in [3.63, 3.8) is 0 Å². The van der Waals surface area contributed by atoms with Crippen LogP contribution in [0.25, 0.3) is 23.5 Å². The zero-order valence-corrected chi connectivity index (χ0v) is 15.9. The molecule has 29 heavy (non-hydrogen) atoms. The van der Waals surface area contributed by atoms with Gasteiger partial charge in [0.15, 0.2) is 0 Å². The van der Waals surface area contributed by atoms with Gasteiger partial charge in [-0.3, -0.25) is 14.9 Å². The Labute approximate surface area is 169 Å². The molecular formula is C20H14ClN3O5. The third-order valence-corrected chi connectivity index (χ3v) is 4.41. The summed E-state index contributed by atoms with van der Waals surface area (Å²) in [5.41, 5.74) is -0.942. The number of rotatable bonds is 6. The van der Waals surface area contributed by atoms with E-state index >= 15 is 0 Å². The maximum atomic E-state index is 12.2. The monoisotopic (exact) mass is 411 g/mol. The zero-order chi connectivity index (χ0) is 21.0. The summed E-state index contributed by atoms with van der Waals surface area (Å²) >= 11 is 6.16. The first-order chi connectivity index (χ1) is 14.0. The van der Waals surface area contributed by atoms with Crippen LogP contribution in [0.15, 0.2) is 45.6 Å². The zero-order valence-electron chi connectivity index (χ0n) is 15.1. The molecule has 0 aliphatic carbocycles. The van der Waals surface area contributed by atoms with E-state index in [1.54, 1.807) is 36.4 Å². The summed E-state index contributed by atoms with van der Waals surface area (Å²) < 4.78 is 10.6. The average molecular weight is 412 g/mol. The van der Waals surface area contributed by atoms with E-state index in [9.17, 15) is 20.2 Å². The molecule has 9 heteroatoms. The second kappa shape index (κ2) is 8.56. The number of nitrogens with one attached hydrogen (secondary N) is 1. The molecule has 0 unspecified atom stereocenters. The second-order valence-electron chi connectivity index (χ2n) is 5.89.